The first kappa shape index (κ1) is 18.4. The Labute approximate surface area is 154 Å². The van der Waals surface area contributed by atoms with Gasteiger partial charge in [-0.3, -0.25) is 4.79 Å². The molecule has 5 nitrogen and oxygen atoms in total. The summed E-state index contributed by atoms with van der Waals surface area (Å²) in [6.07, 6.45) is -0.389. The molecule has 1 heterocycles. The Morgan fingerprint density at radius 2 is 1.92 bits per heavy atom. The maximum atomic E-state index is 12.1. The summed E-state index contributed by atoms with van der Waals surface area (Å²) in [7, 11) is 0. The maximum Gasteiger partial charge on any atom is 0.224 e. The van der Waals surface area contributed by atoms with E-state index in [1.807, 2.05) is 55.5 Å². The predicted octanol–water partition coefficient (Wildman–Crippen LogP) is 2.22. The molecule has 0 radical (unpaired) electrons. The Kier molecular flexibility index (Phi) is 6.26. The van der Waals surface area contributed by atoms with Crippen LogP contribution in [0.25, 0.3) is 0 Å². The van der Waals surface area contributed by atoms with Crippen molar-refractivity contribution in [2.45, 2.75) is 19.4 Å². The summed E-state index contributed by atoms with van der Waals surface area (Å²) >= 11 is 0. The molecule has 26 heavy (non-hydrogen) atoms. The molecule has 2 aromatic rings. The van der Waals surface area contributed by atoms with Crippen LogP contribution in [0, 0.1) is 6.92 Å². The van der Waals surface area contributed by atoms with Gasteiger partial charge in [0, 0.05) is 25.3 Å². The summed E-state index contributed by atoms with van der Waals surface area (Å²) in [5.41, 5.74) is 4.05. The molecule has 138 valence electrons. The number of amides is 1. The molecular weight excluding hydrogens is 328 g/mol. The fourth-order valence-electron chi connectivity index (χ4n) is 3.13. The molecule has 0 aliphatic carbocycles. The second kappa shape index (κ2) is 8.83. The minimum atomic E-state index is -0.713. The zero-order valence-corrected chi connectivity index (χ0v) is 15.1. The second-order valence-electron chi connectivity index (χ2n) is 6.68. The third-order valence-electron chi connectivity index (χ3n) is 4.59. The molecule has 1 fully saturated rings. The number of rotatable bonds is 6. The van der Waals surface area contributed by atoms with Crippen LogP contribution in [0.15, 0.2) is 48.5 Å². The number of aliphatic hydroxyl groups excluding tert-OH is 1. The van der Waals surface area contributed by atoms with Gasteiger partial charge in [-0.25, -0.2) is 0 Å². The number of aryl methyl sites for hydroxylation is 1. The van der Waals surface area contributed by atoms with Gasteiger partial charge in [0.2, 0.25) is 5.91 Å². The van der Waals surface area contributed by atoms with Gasteiger partial charge in [-0.1, -0.05) is 42.0 Å². The first-order chi connectivity index (χ1) is 12.6. The van der Waals surface area contributed by atoms with E-state index in [4.69, 9.17) is 4.74 Å². The van der Waals surface area contributed by atoms with Crippen molar-refractivity contribution in [1.82, 2.24) is 5.32 Å². The van der Waals surface area contributed by atoms with Gasteiger partial charge in [-0.15, -0.1) is 0 Å². The molecule has 1 unspecified atom stereocenters. The van der Waals surface area contributed by atoms with Gasteiger partial charge in [0.25, 0.3) is 0 Å². The van der Waals surface area contributed by atoms with Gasteiger partial charge in [0.15, 0.2) is 0 Å². The lowest BCUT2D eigenvalue weighted by Crippen LogP contribution is -2.36. The number of nitrogens with zero attached hydrogens (tertiary/aromatic N) is 1. The molecule has 0 spiro atoms. The van der Waals surface area contributed by atoms with E-state index in [1.165, 1.54) is 0 Å². The Morgan fingerprint density at radius 1 is 1.19 bits per heavy atom. The number of aliphatic hydroxyl groups is 1. The quantitative estimate of drug-likeness (QED) is 0.835. The predicted molar refractivity (Wildman–Crippen MR) is 102 cm³/mol. The van der Waals surface area contributed by atoms with Gasteiger partial charge < -0.3 is 20.1 Å². The zero-order valence-electron chi connectivity index (χ0n) is 15.1. The number of carbonyl (C=O) groups is 1. The molecule has 1 aliphatic heterocycles. The SMILES string of the molecule is Cc1cccc(CC(=O)NCC(O)c2ccc(N3CCOCC3)cc2)c1. The van der Waals surface area contributed by atoms with Gasteiger partial charge in [-0.05, 0) is 30.2 Å². The van der Waals surface area contributed by atoms with Crippen LogP contribution >= 0.6 is 0 Å². The summed E-state index contributed by atoms with van der Waals surface area (Å²) in [6, 6.07) is 15.8. The average Bonchev–Trinajstić information content (AvgIpc) is 2.67. The van der Waals surface area contributed by atoms with Crippen molar-refractivity contribution in [2.24, 2.45) is 0 Å². The lowest BCUT2D eigenvalue weighted by molar-refractivity contribution is -0.120. The van der Waals surface area contributed by atoms with Gasteiger partial charge in [0.05, 0.1) is 25.7 Å². The fourth-order valence-corrected chi connectivity index (χ4v) is 3.13. The Bertz CT molecular complexity index is 724. The Balaban J connectivity index is 1.49. The first-order valence-corrected chi connectivity index (χ1v) is 9.05. The maximum absolute atomic E-state index is 12.1. The molecule has 5 heteroatoms. The van der Waals surface area contributed by atoms with Crippen molar-refractivity contribution >= 4 is 11.6 Å². The summed E-state index contributed by atoms with van der Waals surface area (Å²) in [4.78, 5) is 14.3. The van der Waals surface area contributed by atoms with Crippen LogP contribution in [-0.2, 0) is 16.0 Å². The highest BCUT2D eigenvalue weighted by atomic mass is 16.5. The minimum absolute atomic E-state index is 0.0837. The van der Waals surface area contributed by atoms with E-state index in [9.17, 15) is 9.90 Å². The lowest BCUT2D eigenvalue weighted by atomic mass is 10.1. The minimum Gasteiger partial charge on any atom is -0.387 e. The number of benzene rings is 2. The number of nitrogens with one attached hydrogen (secondary N) is 1. The molecule has 0 aromatic heterocycles. The van der Waals surface area contributed by atoms with Crippen LogP contribution in [0.1, 0.15) is 22.8 Å². The monoisotopic (exact) mass is 354 g/mol. The highest BCUT2D eigenvalue weighted by Gasteiger charge is 2.13. The third kappa shape index (κ3) is 5.07. The van der Waals surface area contributed by atoms with Crippen molar-refractivity contribution < 1.29 is 14.6 Å². The molecular formula is C21H26N2O3. The highest BCUT2D eigenvalue weighted by Crippen LogP contribution is 2.20. The fraction of sp³-hybridized carbons (Fsp3) is 0.381. The number of ether oxygens (including phenoxy) is 1. The van der Waals surface area contributed by atoms with E-state index in [0.717, 1.165) is 48.7 Å². The Morgan fingerprint density at radius 3 is 2.62 bits per heavy atom. The molecule has 0 bridgehead atoms. The molecule has 3 rings (SSSR count). The van der Waals surface area contributed by atoms with Gasteiger partial charge in [-0.2, -0.15) is 0 Å². The molecule has 2 N–H and O–H groups in total. The molecule has 1 amide bonds. The molecule has 1 atom stereocenters. The first-order valence-electron chi connectivity index (χ1n) is 9.05. The van der Waals surface area contributed by atoms with E-state index in [1.54, 1.807) is 0 Å². The zero-order chi connectivity index (χ0) is 18.4. The van der Waals surface area contributed by atoms with Crippen LogP contribution in [0.4, 0.5) is 5.69 Å². The standard InChI is InChI=1S/C21H26N2O3/c1-16-3-2-4-17(13-16)14-21(25)22-15-20(24)18-5-7-19(8-6-18)23-9-11-26-12-10-23/h2-8,13,20,24H,9-12,14-15H2,1H3,(H,22,25). The smallest absolute Gasteiger partial charge is 0.224 e. The van der Waals surface area contributed by atoms with Crippen LogP contribution in [0.3, 0.4) is 0 Å². The molecule has 1 saturated heterocycles. The van der Waals surface area contributed by atoms with Crippen LogP contribution in [-0.4, -0.2) is 43.9 Å². The summed E-state index contributed by atoms with van der Waals surface area (Å²) in [6.45, 7) is 5.48. The summed E-state index contributed by atoms with van der Waals surface area (Å²) in [5.74, 6) is -0.0837. The second-order valence-corrected chi connectivity index (χ2v) is 6.68. The van der Waals surface area contributed by atoms with E-state index >= 15 is 0 Å². The van der Waals surface area contributed by atoms with Crippen LogP contribution in [0.5, 0.6) is 0 Å². The van der Waals surface area contributed by atoms with Crippen molar-refractivity contribution in [1.29, 1.82) is 0 Å². The van der Waals surface area contributed by atoms with Gasteiger partial charge >= 0.3 is 0 Å². The Hall–Kier alpha value is -2.37. The topological polar surface area (TPSA) is 61.8 Å². The molecule has 0 saturated carbocycles. The van der Waals surface area contributed by atoms with E-state index in [2.05, 4.69) is 10.2 Å². The number of carbonyl (C=O) groups excluding carboxylic acids is 1. The molecule has 2 aromatic carbocycles. The number of morpholine rings is 1. The van der Waals surface area contributed by atoms with Crippen molar-refractivity contribution in [2.75, 3.05) is 37.7 Å². The van der Waals surface area contributed by atoms with Crippen molar-refractivity contribution in [3.8, 4) is 0 Å². The molecule has 1 aliphatic rings. The van der Waals surface area contributed by atoms with E-state index < -0.39 is 6.10 Å². The summed E-state index contributed by atoms with van der Waals surface area (Å²) < 4.78 is 5.36. The third-order valence-corrected chi connectivity index (χ3v) is 4.59. The van der Waals surface area contributed by atoms with Crippen molar-refractivity contribution in [3.63, 3.8) is 0 Å². The van der Waals surface area contributed by atoms with E-state index in [-0.39, 0.29) is 12.5 Å². The number of hydrogen-bond acceptors (Lipinski definition) is 4. The van der Waals surface area contributed by atoms with Crippen LogP contribution < -0.4 is 10.2 Å². The van der Waals surface area contributed by atoms with Crippen LogP contribution in [0.2, 0.25) is 0 Å². The summed E-state index contributed by atoms with van der Waals surface area (Å²) in [5, 5.41) is 13.1. The van der Waals surface area contributed by atoms with Crippen molar-refractivity contribution in [3.05, 3.63) is 65.2 Å². The number of anilines is 1. The van der Waals surface area contributed by atoms with Gasteiger partial charge in [0.1, 0.15) is 0 Å². The average molecular weight is 354 g/mol. The van der Waals surface area contributed by atoms with E-state index in [0.29, 0.717) is 6.42 Å². The normalized spacial score (nSPS) is 15.5. The highest BCUT2D eigenvalue weighted by molar-refractivity contribution is 5.78. The largest absolute Gasteiger partial charge is 0.387 e. The number of hydrogen-bond donors (Lipinski definition) is 2. The lowest BCUT2D eigenvalue weighted by Gasteiger charge is -2.29.